The van der Waals surface area contributed by atoms with Gasteiger partial charge in [0.1, 0.15) is 5.75 Å². The van der Waals surface area contributed by atoms with Gasteiger partial charge in [-0.1, -0.05) is 25.8 Å². The summed E-state index contributed by atoms with van der Waals surface area (Å²) in [5.41, 5.74) is 1.39. The SMILES string of the molecule is CCCNC(c1ccc(OCC)c(Br)c1)C1CCCC1. The fourth-order valence-electron chi connectivity index (χ4n) is 3.13. The van der Waals surface area contributed by atoms with Gasteiger partial charge in [0.25, 0.3) is 0 Å². The fourth-order valence-corrected chi connectivity index (χ4v) is 3.64. The third kappa shape index (κ3) is 3.98. The number of ether oxygens (including phenoxy) is 1. The van der Waals surface area contributed by atoms with Crippen molar-refractivity contribution < 1.29 is 4.74 Å². The van der Waals surface area contributed by atoms with Crippen LogP contribution in [0.3, 0.4) is 0 Å². The molecule has 20 heavy (non-hydrogen) atoms. The molecule has 0 aromatic heterocycles. The summed E-state index contributed by atoms with van der Waals surface area (Å²) in [4.78, 5) is 0. The monoisotopic (exact) mass is 339 g/mol. The summed E-state index contributed by atoms with van der Waals surface area (Å²) in [6, 6.07) is 7.04. The Balaban J connectivity index is 2.16. The summed E-state index contributed by atoms with van der Waals surface area (Å²) in [6.07, 6.45) is 6.65. The number of nitrogens with one attached hydrogen (secondary N) is 1. The minimum Gasteiger partial charge on any atom is -0.493 e. The topological polar surface area (TPSA) is 21.3 Å². The first-order valence-corrected chi connectivity index (χ1v) is 8.71. The van der Waals surface area contributed by atoms with E-state index in [-0.39, 0.29) is 0 Å². The van der Waals surface area contributed by atoms with Crippen LogP contribution in [0.5, 0.6) is 5.75 Å². The first-order valence-electron chi connectivity index (χ1n) is 7.91. The van der Waals surface area contributed by atoms with Crippen molar-refractivity contribution in [3.8, 4) is 5.75 Å². The smallest absolute Gasteiger partial charge is 0.133 e. The first kappa shape index (κ1) is 15.8. The molecule has 0 spiro atoms. The van der Waals surface area contributed by atoms with Crippen LogP contribution >= 0.6 is 15.9 Å². The first-order chi connectivity index (χ1) is 9.76. The van der Waals surface area contributed by atoms with Crippen LogP contribution in [0.15, 0.2) is 22.7 Å². The Morgan fingerprint density at radius 3 is 2.65 bits per heavy atom. The third-order valence-electron chi connectivity index (χ3n) is 4.10. The van der Waals surface area contributed by atoms with Crippen LogP contribution in [-0.2, 0) is 0 Å². The van der Waals surface area contributed by atoms with Gasteiger partial charge in [-0.3, -0.25) is 0 Å². The Hall–Kier alpha value is -0.540. The van der Waals surface area contributed by atoms with E-state index in [0.717, 1.165) is 22.7 Å². The summed E-state index contributed by atoms with van der Waals surface area (Å²) in [6.45, 7) is 6.04. The molecule has 1 aromatic carbocycles. The van der Waals surface area contributed by atoms with Crippen LogP contribution in [0.4, 0.5) is 0 Å². The lowest BCUT2D eigenvalue weighted by atomic mass is 9.91. The Bertz CT molecular complexity index is 415. The third-order valence-corrected chi connectivity index (χ3v) is 4.72. The molecule has 1 saturated carbocycles. The number of hydrogen-bond donors (Lipinski definition) is 1. The molecule has 1 aliphatic carbocycles. The van der Waals surface area contributed by atoms with Crippen molar-refractivity contribution in [2.75, 3.05) is 13.2 Å². The van der Waals surface area contributed by atoms with Crippen molar-refractivity contribution in [2.45, 2.75) is 52.0 Å². The van der Waals surface area contributed by atoms with E-state index in [1.54, 1.807) is 0 Å². The maximum Gasteiger partial charge on any atom is 0.133 e. The largest absolute Gasteiger partial charge is 0.493 e. The van der Waals surface area contributed by atoms with E-state index >= 15 is 0 Å². The maximum atomic E-state index is 5.61. The Morgan fingerprint density at radius 2 is 2.05 bits per heavy atom. The Kier molecular flexibility index (Phi) is 6.37. The molecule has 1 fully saturated rings. The van der Waals surface area contributed by atoms with E-state index < -0.39 is 0 Å². The van der Waals surface area contributed by atoms with Crippen molar-refractivity contribution >= 4 is 15.9 Å². The van der Waals surface area contributed by atoms with Crippen LogP contribution in [0.25, 0.3) is 0 Å². The van der Waals surface area contributed by atoms with Crippen molar-refractivity contribution in [1.29, 1.82) is 0 Å². The van der Waals surface area contributed by atoms with Crippen LogP contribution in [0.2, 0.25) is 0 Å². The van der Waals surface area contributed by atoms with Crippen LogP contribution < -0.4 is 10.1 Å². The molecule has 2 rings (SSSR count). The maximum absolute atomic E-state index is 5.61. The lowest BCUT2D eigenvalue weighted by Crippen LogP contribution is -2.27. The molecule has 112 valence electrons. The lowest BCUT2D eigenvalue weighted by Gasteiger charge is -2.26. The lowest BCUT2D eigenvalue weighted by molar-refractivity contribution is 0.336. The molecule has 3 heteroatoms. The van der Waals surface area contributed by atoms with Gasteiger partial charge in [-0.2, -0.15) is 0 Å². The molecule has 1 N–H and O–H groups in total. The fraction of sp³-hybridized carbons (Fsp3) is 0.647. The molecular formula is C17H26BrNO. The number of halogens is 1. The quantitative estimate of drug-likeness (QED) is 0.747. The van der Waals surface area contributed by atoms with Crippen LogP contribution in [-0.4, -0.2) is 13.2 Å². The zero-order valence-electron chi connectivity index (χ0n) is 12.6. The average Bonchev–Trinajstić information content (AvgIpc) is 2.96. The van der Waals surface area contributed by atoms with Gasteiger partial charge in [0, 0.05) is 6.04 Å². The van der Waals surface area contributed by atoms with Crippen molar-refractivity contribution in [2.24, 2.45) is 5.92 Å². The molecule has 1 atom stereocenters. The highest BCUT2D eigenvalue weighted by molar-refractivity contribution is 9.10. The minimum atomic E-state index is 0.490. The highest BCUT2D eigenvalue weighted by atomic mass is 79.9. The van der Waals surface area contributed by atoms with Gasteiger partial charge in [0.15, 0.2) is 0 Å². The standard InChI is InChI=1S/C17H26BrNO/c1-3-11-19-17(13-7-5-6-8-13)14-9-10-16(20-4-2)15(18)12-14/h9-10,12-13,17,19H,3-8,11H2,1-2H3. The normalized spacial score (nSPS) is 17.4. The molecule has 1 aromatic rings. The minimum absolute atomic E-state index is 0.490. The van der Waals surface area contributed by atoms with Gasteiger partial charge in [-0.25, -0.2) is 0 Å². The van der Waals surface area contributed by atoms with Crippen molar-refractivity contribution in [3.05, 3.63) is 28.2 Å². The predicted molar refractivity (Wildman–Crippen MR) is 88.3 cm³/mol. The predicted octanol–water partition coefficient (Wildman–Crippen LogP) is 5.08. The summed E-state index contributed by atoms with van der Waals surface area (Å²) in [5.74, 6) is 1.73. The number of rotatable bonds is 7. The van der Waals surface area contributed by atoms with Crippen LogP contribution in [0, 0.1) is 5.92 Å². The van der Waals surface area contributed by atoms with E-state index in [0.29, 0.717) is 12.6 Å². The molecular weight excluding hydrogens is 314 g/mol. The van der Waals surface area contributed by atoms with E-state index in [9.17, 15) is 0 Å². The molecule has 0 aliphatic heterocycles. The second-order valence-corrected chi connectivity index (χ2v) is 6.45. The summed E-state index contributed by atoms with van der Waals surface area (Å²) < 4.78 is 6.68. The van der Waals surface area contributed by atoms with E-state index in [2.05, 4.69) is 46.4 Å². The summed E-state index contributed by atoms with van der Waals surface area (Å²) in [7, 11) is 0. The molecule has 0 saturated heterocycles. The van der Waals surface area contributed by atoms with Crippen LogP contribution in [0.1, 0.15) is 57.6 Å². The van der Waals surface area contributed by atoms with Gasteiger partial charge >= 0.3 is 0 Å². The summed E-state index contributed by atoms with van der Waals surface area (Å²) in [5, 5.41) is 3.74. The van der Waals surface area contributed by atoms with Gasteiger partial charge < -0.3 is 10.1 Å². The Labute approximate surface area is 131 Å². The molecule has 0 bridgehead atoms. The van der Waals surface area contributed by atoms with Gasteiger partial charge in [0.2, 0.25) is 0 Å². The van der Waals surface area contributed by atoms with Gasteiger partial charge in [-0.05, 0) is 72.3 Å². The zero-order valence-corrected chi connectivity index (χ0v) is 14.2. The molecule has 0 radical (unpaired) electrons. The van der Waals surface area contributed by atoms with Crippen molar-refractivity contribution in [1.82, 2.24) is 5.32 Å². The van der Waals surface area contributed by atoms with E-state index in [1.807, 2.05) is 6.92 Å². The Morgan fingerprint density at radius 1 is 1.30 bits per heavy atom. The molecule has 1 aliphatic rings. The summed E-state index contributed by atoms with van der Waals surface area (Å²) >= 11 is 3.64. The number of hydrogen-bond acceptors (Lipinski definition) is 2. The zero-order chi connectivity index (χ0) is 14.4. The highest BCUT2D eigenvalue weighted by Gasteiger charge is 2.26. The second kappa shape index (κ2) is 8.04. The molecule has 1 unspecified atom stereocenters. The molecule has 2 nitrogen and oxygen atoms in total. The molecule has 0 heterocycles. The second-order valence-electron chi connectivity index (χ2n) is 5.60. The highest BCUT2D eigenvalue weighted by Crippen LogP contribution is 2.38. The average molecular weight is 340 g/mol. The van der Waals surface area contributed by atoms with E-state index in [4.69, 9.17) is 4.74 Å². The van der Waals surface area contributed by atoms with E-state index in [1.165, 1.54) is 37.7 Å². The van der Waals surface area contributed by atoms with Gasteiger partial charge in [-0.15, -0.1) is 0 Å². The number of benzene rings is 1. The van der Waals surface area contributed by atoms with Crippen molar-refractivity contribution in [3.63, 3.8) is 0 Å². The van der Waals surface area contributed by atoms with Gasteiger partial charge in [0.05, 0.1) is 11.1 Å². The molecule has 0 amide bonds.